The molecule has 21 heavy (non-hydrogen) atoms. The zero-order valence-electron chi connectivity index (χ0n) is 12.3. The summed E-state index contributed by atoms with van der Waals surface area (Å²) >= 11 is 0. The largest absolute Gasteiger partial charge is 0.481 e. The van der Waals surface area contributed by atoms with E-state index in [1.807, 2.05) is 26.2 Å². The first kappa shape index (κ1) is 14.8. The lowest BCUT2D eigenvalue weighted by molar-refractivity contribution is -0.134. The number of hydrogen-bond donors (Lipinski definition) is 2. The van der Waals surface area contributed by atoms with Crippen LogP contribution < -0.4 is 0 Å². The van der Waals surface area contributed by atoms with Crippen LogP contribution in [-0.4, -0.2) is 21.4 Å². The minimum atomic E-state index is -0.833. The molecule has 0 amide bonds. The van der Waals surface area contributed by atoms with Crippen LogP contribution in [0.2, 0.25) is 0 Å². The Balaban J connectivity index is 0.000000361. The fourth-order valence-electron chi connectivity index (χ4n) is 2.45. The van der Waals surface area contributed by atoms with Gasteiger partial charge in [0.2, 0.25) is 0 Å². The van der Waals surface area contributed by atoms with Gasteiger partial charge in [0, 0.05) is 42.3 Å². The molecule has 108 valence electrons. The lowest BCUT2D eigenvalue weighted by Crippen LogP contribution is -1.89. The third-order valence-electron chi connectivity index (χ3n) is 3.28. The quantitative estimate of drug-likeness (QED) is 0.666. The van der Waals surface area contributed by atoms with E-state index in [0.29, 0.717) is 5.71 Å². The number of aryl methyl sites for hydroxylation is 1. The molecule has 0 unspecified atom stereocenters. The first-order chi connectivity index (χ1) is 9.91. The molecule has 2 N–H and O–H groups in total. The topological polar surface area (TPSA) is 66.1 Å². The van der Waals surface area contributed by atoms with E-state index in [1.54, 1.807) is 0 Å². The molecule has 0 fully saturated rings. The van der Waals surface area contributed by atoms with Gasteiger partial charge < -0.3 is 15.1 Å². The summed E-state index contributed by atoms with van der Waals surface area (Å²) in [6.07, 6.45) is 2.04. The number of aromatic nitrogens is 1. The fraction of sp³-hybridized carbons (Fsp3) is 0.176. The minimum Gasteiger partial charge on any atom is -0.481 e. The Bertz CT molecular complexity index is 827. The van der Waals surface area contributed by atoms with E-state index in [-0.39, 0.29) is 0 Å². The van der Waals surface area contributed by atoms with Gasteiger partial charge >= 0.3 is 0 Å². The van der Waals surface area contributed by atoms with Crippen LogP contribution in [0.4, 0.5) is 0 Å². The summed E-state index contributed by atoms with van der Waals surface area (Å²) < 4.78 is 2.09. The van der Waals surface area contributed by atoms with Crippen LogP contribution in [0.25, 0.3) is 21.7 Å². The van der Waals surface area contributed by atoms with Gasteiger partial charge in [-0.25, -0.2) is 0 Å². The lowest BCUT2D eigenvalue weighted by Gasteiger charge is -2.02. The maximum absolute atomic E-state index is 9.00. The second-order valence-electron chi connectivity index (χ2n) is 4.98. The van der Waals surface area contributed by atoms with Gasteiger partial charge in [0.05, 0.1) is 0 Å². The summed E-state index contributed by atoms with van der Waals surface area (Å²) in [6.45, 7) is 2.93. The van der Waals surface area contributed by atoms with Crippen molar-refractivity contribution >= 4 is 33.4 Å². The van der Waals surface area contributed by atoms with Crippen molar-refractivity contribution in [3.8, 4) is 0 Å². The number of hydrogen-bond acceptors (Lipinski definition) is 2. The van der Waals surface area contributed by atoms with E-state index in [9.17, 15) is 0 Å². The van der Waals surface area contributed by atoms with Crippen molar-refractivity contribution in [2.24, 2.45) is 7.05 Å². The van der Waals surface area contributed by atoms with Crippen LogP contribution >= 0.6 is 0 Å². The van der Waals surface area contributed by atoms with E-state index >= 15 is 0 Å². The van der Waals surface area contributed by atoms with Crippen LogP contribution in [0, 0.1) is 5.41 Å². The first-order valence-electron chi connectivity index (χ1n) is 6.63. The summed E-state index contributed by atoms with van der Waals surface area (Å²) in [6, 6.07) is 12.6. The van der Waals surface area contributed by atoms with Crippen molar-refractivity contribution < 1.29 is 9.90 Å². The van der Waals surface area contributed by atoms with Gasteiger partial charge in [-0.1, -0.05) is 30.3 Å². The molecule has 0 saturated carbocycles. The van der Waals surface area contributed by atoms with Crippen molar-refractivity contribution in [1.29, 1.82) is 5.41 Å². The van der Waals surface area contributed by atoms with E-state index in [0.717, 1.165) is 12.5 Å². The van der Waals surface area contributed by atoms with Crippen molar-refractivity contribution in [2.45, 2.75) is 13.8 Å². The lowest BCUT2D eigenvalue weighted by atomic mass is 10.0. The average molecular weight is 282 g/mol. The van der Waals surface area contributed by atoms with Crippen molar-refractivity contribution in [3.63, 3.8) is 0 Å². The molecule has 1 heterocycles. The Labute approximate surface area is 123 Å². The molecule has 0 bridgehead atoms. The van der Waals surface area contributed by atoms with E-state index < -0.39 is 5.97 Å². The third kappa shape index (κ3) is 2.94. The van der Waals surface area contributed by atoms with Gasteiger partial charge in [-0.2, -0.15) is 0 Å². The van der Waals surface area contributed by atoms with E-state index in [1.165, 1.54) is 21.7 Å². The SMILES string of the molecule is CC(=N)c1cn(C)c2ccc3ccccc3c12.CC(=O)O. The zero-order chi connectivity index (χ0) is 15.6. The maximum atomic E-state index is 9.00. The number of aliphatic carboxylic acids is 1. The molecule has 1 aromatic heterocycles. The summed E-state index contributed by atoms with van der Waals surface area (Å²) in [5, 5.41) is 19.0. The molecule has 0 atom stereocenters. The Morgan fingerprint density at radius 3 is 2.38 bits per heavy atom. The van der Waals surface area contributed by atoms with E-state index in [2.05, 4.69) is 34.9 Å². The highest BCUT2D eigenvalue weighted by atomic mass is 16.4. The van der Waals surface area contributed by atoms with E-state index in [4.69, 9.17) is 15.3 Å². The summed E-state index contributed by atoms with van der Waals surface area (Å²) in [5.74, 6) is -0.833. The molecule has 0 aliphatic carbocycles. The smallest absolute Gasteiger partial charge is 0.300 e. The van der Waals surface area contributed by atoms with Crippen LogP contribution in [0.15, 0.2) is 42.6 Å². The Hall–Kier alpha value is -2.62. The number of benzene rings is 2. The molecule has 0 radical (unpaired) electrons. The summed E-state index contributed by atoms with van der Waals surface area (Å²) in [5.41, 5.74) is 2.83. The molecular weight excluding hydrogens is 264 g/mol. The van der Waals surface area contributed by atoms with Crippen molar-refractivity contribution in [2.75, 3.05) is 0 Å². The van der Waals surface area contributed by atoms with Crippen LogP contribution in [0.3, 0.4) is 0 Å². The first-order valence-corrected chi connectivity index (χ1v) is 6.63. The molecule has 0 saturated heterocycles. The highest BCUT2D eigenvalue weighted by molar-refractivity contribution is 6.18. The Morgan fingerprint density at radius 1 is 1.14 bits per heavy atom. The maximum Gasteiger partial charge on any atom is 0.300 e. The molecule has 3 aromatic rings. The number of carboxylic acids is 1. The normalized spacial score (nSPS) is 10.2. The zero-order valence-corrected chi connectivity index (χ0v) is 12.3. The second-order valence-corrected chi connectivity index (χ2v) is 4.98. The predicted octanol–water partition coefficient (Wildman–Crippen LogP) is 3.81. The number of nitrogens with zero attached hydrogens (tertiary/aromatic N) is 1. The van der Waals surface area contributed by atoms with Gasteiger partial charge in [0.1, 0.15) is 0 Å². The van der Waals surface area contributed by atoms with Gasteiger partial charge in [-0.05, 0) is 23.8 Å². The van der Waals surface area contributed by atoms with Gasteiger partial charge in [-0.15, -0.1) is 0 Å². The van der Waals surface area contributed by atoms with Gasteiger partial charge in [0.15, 0.2) is 0 Å². The molecular formula is C17H18N2O2. The van der Waals surface area contributed by atoms with Crippen LogP contribution in [-0.2, 0) is 11.8 Å². The molecule has 0 spiro atoms. The van der Waals surface area contributed by atoms with Crippen molar-refractivity contribution in [3.05, 3.63) is 48.2 Å². The molecule has 4 heteroatoms. The highest BCUT2D eigenvalue weighted by Crippen LogP contribution is 2.29. The fourth-order valence-corrected chi connectivity index (χ4v) is 2.45. The molecule has 2 aromatic carbocycles. The number of fused-ring (bicyclic) bond motifs is 3. The Kier molecular flexibility index (Phi) is 4.08. The monoisotopic (exact) mass is 282 g/mol. The molecule has 3 rings (SSSR count). The summed E-state index contributed by atoms with van der Waals surface area (Å²) in [7, 11) is 2.03. The van der Waals surface area contributed by atoms with Crippen LogP contribution in [0.1, 0.15) is 19.4 Å². The predicted molar refractivity (Wildman–Crippen MR) is 86.2 cm³/mol. The second kappa shape index (κ2) is 5.79. The van der Waals surface area contributed by atoms with Gasteiger partial charge in [-0.3, -0.25) is 4.79 Å². The number of carboxylic acid groups (broad SMARTS) is 1. The standard InChI is InChI=1S/C15H14N2.C2H4O2/c1-10(16)13-9-17(2)14-8-7-11-5-3-4-6-12(11)15(13)14;1-2(3)4/h3-9,16H,1-2H3;1H3,(H,3,4). The highest BCUT2D eigenvalue weighted by Gasteiger charge is 2.10. The number of carbonyl (C=O) groups is 1. The Morgan fingerprint density at radius 2 is 1.76 bits per heavy atom. The number of nitrogens with one attached hydrogen (secondary N) is 1. The third-order valence-corrected chi connectivity index (χ3v) is 3.28. The van der Waals surface area contributed by atoms with Crippen LogP contribution in [0.5, 0.6) is 0 Å². The molecule has 4 nitrogen and oxygen atoms in total. The van der Waals surface area contributed by atoms with Gasteiger partial charge in [0.25, 0.3) is 5.97 Å². The molecule has 0 aliphatic rings. The molecule has 0 aliphatic heterocycles. The average Bonchev–Trinajstić information content (AvgIpc) is 2.76. The summed E-state index contributed by atoms with van der Waals surface area (Å²) in [4.78, 5) is 9.00. The minimum absolute atomic E-state index is 0.618. The number of rotatable bonds is 1. The van der Waals surface area contributed by atoms with Crippen molar-refractivity contribution in [1.82, 2.24) is 4.57 Å².